The summed E-state index contributed by atoms with van der Waals surface area (Å²) in [5, 5.41) is 0. The second-order valence-corrected chi connectivity index (χ2v) is 2.30. The van der Waals surface area contributed by atoms with Gasteiger partial charge in [-0.05, 0) is 19.1 Å². The van der Waals surface area contributed by atoms with Crippen molar-refractivity contribution in [3.8, 4) is 0 Å². The lowest BCUT2D eigenvalue weighted by atomic mass is 10.3. The Kier molecular flexibility index (Phi) is 2.09. The van der Waals surface area contributed by atoms with Crippen LogP contribution < -0.4 is 11.5 Å². The van der Waals surface area contributed by atoms with Crippen LogP contribution in [0.2, 0.25) is 0 Å². The fourth-order valence-electron chi connectivity index (χ4n) is 0.749. The topological polar surface area (TPSA) is 65.2 Å². The lowest BCUT2D eigenvalue weighted by Crippen LogP contribution is -2.03. The molecule has 0 saturated heterocycles. The Morgan fingerprint density at radius 1 is 1.60 bits per heavy atom. The summed E-state index contributed by atoms with van der Waals surface area (Å²) in [4.78, 5) is 0. The van der Waals surface area contributed by atoms with E-state index in [-0.39, 0.29) is 6.04 Å². The Morgan fingerprint density at radius 2 is 2.30 bits per heavy atom. The van der Waals surface area contributed by atoms with Crippen molar-refractivity contribution in [2.45, 2.75) is 19.5 Å². The lowest BCUT2D eigenvalue weighted by Gasteiger charge is -1.97. The van der Waals surface area contributed by atoms with Gasteiger partial charge in [0, 0.05) is 0 Å². The molecule has 0 aliphatic heterocycles. The van der Waals surface area contributed by atoms with Gasteiger partial charge in [0.2, 0.25) is 0 Å². The van der Waals surface area contributed by atoms with Crippen LogP contribution in [0.1, 0.15) is 24.5 Å². The fourth-order valence-corrected chi connectivity index (χ4v) is 0.749. The highest BCUT2D eigenvalue weighted by molar-refractivity contribution is 5.09. The molecule has 3 heteroatoms. The van der Waals surface area contributed by atoms with Gasteiger partial charge in [0.1, 0.15) is 11.5 Å². The van der Waals surface area contributed by atoms with E-state index in [1.54, 1.807) is 0 Å². The van der Waals surface area contributed by atoms with E-state index in [4.69, 9.17) is 15.9 Å². The molecule has 56 valence electrons. The van der Waals surface area contributed by atoms with E-state index in [1.807, 2.05) is 19.1 Å². The zero-order chi connectivity index (χ0) is 7.56. The van der Waals surface area contributed by atoms with Crippen LogP contribution in [0.25, 0.3) is 0 Å². The average Bonchev–Trinajstić information content (AvgIpc) is 2.34. The summed E-state index contributed by atoms with van der Waals surface area (Å²) in [6.07, 6.45) is 0. The highest BCUT2D eigenvalue weighted by Gasteiger charge is 2.03. The van der Waals surface area contributed by atoms with Gasteiger partial charge in [0.05, 0.1) is 12.6 Å². The molecule has 4 N–H and O–H groups in total. The summed E-state index contributed by atoms with van der Waals surface area (Å²) < 4.78 is 5.24. The van der Waals surface area contributed by atoms with Crippen LogP contribution in [-0.2, 0) is 6.54 Å². The molecular formula is C7H12N2O. The third-order valence-corrected chi connectivity index (χ3v) is 1.33. The van der Waals surface area contributed by atoms with Gasteiger partial charge >= 0.3 is 0 Å². The van der Waals surface area contributed by atoms with Crippen LogP contribution in [0.15, 0.2) is 16.5 Å². The summed E-state index contributed by atoms with van der Waals surface area (Å²) in [6.45, 7) is 2.31. The third kappa shape index (κ3) is 1.37. The first-order valence-corrected chi connectivity index (χ1v) is 3.28. The van der Waals surface area contributed by atoms with Gasteiger partial charge < -0.3 is 15.9 Å². The minimum absolute atomic E-state index is 0.0414. The molecule has 0 aliphatic carbocycles. The highest BCUT2D eigenvalue weighted by atomic mass is 16.3. The molecule has 1 aromatic rings. The largest absolute Gasteiger partial charge is 0.463 e. The predicted octanol–water partition coefficient (Wildman–Crippen LogP) is 0.758. The molecule has 1 aromatic heterocycles. The minimum Gasteiger partial charge on any atom is -0.463 e. The van der Waals surface area contributed by atoms with Crippen molar-refractivity contribution in [3.63, 3.8) is 0 Å². The zero-order valence-electron chi connectivity index (χ0n) is 6.00. The SMILES string of the molecule is CC(N)c1ccc(CN)o1. The molecular weight excluding hydrogens is 128 g/mol. The number of nitrogens with two attached hydrogens (primary N) is 2. The van der Waals surface area contributed by atoms with Crippen LogP contribution >= 0.6 is 0 Å². The van der Waals surface area contributed by atoms with Gasteiger partial charge in [-0.15, -0.1) is 0 Å². The lowest BCUT2D eigenvalue weighted by molar-refractivity contribution is 0.444. The standard InChI is InChI=1S/C7H12N2O/c1-5(9)7-3-2-6(4-8)10-7/h2-3,5H,4,8-9H2,1H3. The number of rotatable bonds is 2. The quantitative estimate of drug-likeness (QED) is 0.637. The average molecular weight is 140 g/mol. The van der Waals surface area contributed by atoms with Crippen LogP contribution in [0.5, 0.6) is 0 Å². The number of hydrogen-bond donors (Lipinski definition) is 2. The van der Waals surface area contributed by atoms with Crippen molar-refractivity contribution < 1.29 is 4.42 Å². The Balaban J connectivity index is 2.78. The zero-order valence-corrected chi connectivity index (χ0v) is 6.00. The molecule has 1 heterocycles. The van der Waals surface area contributed by atoms with E-state index in [0.29, 0.717) is 6.54 Å². The molecule has 10 heavy (non-hydrogen) atoms. The molecule has 1 atom stereocenters. The van der Waals surface area contributed by atoms with Crippen LogP contribution in [-0.4, -0.2) is 0 Å². The van der Waals surface area contributed by atoms with Crippen molar-refractivity contribution in [1.29, 1.82) is 0 Å². The molecule has 1 unspecified atom stereocenters. The Bertz CT molecular complexity index is 205. The van der Waals surface area contributed by atoms with Crippen molar-refractivity contribution in [2.24, 2.45) is 11.5 Å². The Labute approximate surface area is 60.0 Å². The Hall–Kier alpha value is -0.800. The first-order chi connectivity index (χ1) is 4.74. The summed E-state index contributed by atoms with van der Waals surface area (Å²) >= 11 is 0. The van der Waals surface area contributed by atoms with E-state index in [0.717, 1.165) is 11.5 Å². The molecule has 0 saturated carbocycles. The number of hydrogen-bond acceptors (Lipinski definition) is 3. The first-order valence-electron chi connectivity index (χ1n) is 3.28. The van der Waals surface area contributed by atoms with Gasteiger partial charge in [-0.1, -0.05) is 0 Å². The van der Waals surface area contributed by atoms with Gasteiger partial charge in [-0.3, -0.25) is 0 Å². The monoisotopic (exact) mass is 140 g/mol. The van der Waals surface area contributed by atoms with E-state index in [1.165, 1.54) is 0 Å². The second-order valence-electron chi connectivity index (χ2n) is 2.30. The van der Waals surface area contributed by atoms with Gasteiger partial charge in [0.25, 0.3) is 0 Å². The van der Waals surface area contributed by atoms with Crippen molar-refractivity contribution in [1.82, 2.24) is 0 Å². The smallest absolute Gasteiger partial charge is 0.120 e. The first kappa shape index (κ1) is 7.31. The molecule has 0 spiro atoms. The van der Waals surface area contributed by atoms with E-state index in [9.17, 15) is 0 Å². The summed E-state index contributed by atoms with van der Waals surface area (Å²) in [5.41, 5.74) is 10.9. The molecule has 0 fully saturated rings. The molecule has 3 nitrogen and oxygen atoms in total. The van der Waals surface area contributed by atoms with E-state index >= 15 is 0 Å². The predicted molar refractivity (Wildman–Crippen MR) is 39.2 cm³/mol. The van der Waals surface area contributed by atoms with Crippen LogP contribution in [0.3, 0.4) is 0 Å². The maximum Gasteiger partial charge on any atom is 0.120 e. The Morgan fingerprint density at radius 3 is 2.60 bits per heavy atom. The van der Waals surface area contributed by atoms with E-state index < -0.39 is 0 Å². The maximum atomic E-state index is 5.55. The molecule has 0 amide bonds. The van der Waals surface area contributed by atoms with Gasteiger partial charge in [-0.25, -0.2) is 0 Å². The van der Waals surface area contributed by atoms with E-state index in [2.05, 4.69) is 0 Å². The normalized spacial score (nSPS) is 13.5. The van der Waals surface area contributed by atoms with Crippen molar-refractivity contribution in [2.75, 3.05) is 0 Å². The molecule has 0 aromatic carbocycles. The van der Waals surface area contributed by atoms with Crippen molar-refractivity contribution >= 4 is 0 Å². The van der Waals surface area contributed by atoms with Crippen LogP contribution in [0, 0.1) is 0 Å². The summed E-state index contributed by atoms with van der Waals surface area (Å²) in [7, 11) is 0. The molecule has 1 rings (SSSR count). The summed E-state index contributed by atoms with van der Waals surface area (Å²) in [5.74, 6) is 1.58. The molecule has 0 bridgehead atoms. The van der Waals surface area contributed by atoms with Crippen LogP contribution in [0.4, 0.5) is 0 Å². The molecule has 0 radical (unpaired) electrons. The second kappa shape index (κ2) is 2.86. The molecule has 0 aliphatic rings. The van der Waals surface area contributed by atoms with Crippen molar-refractivity contribution in [3.05, 3.63) is 23.7 Å². The summed E-state index contributed by atoms with van der Waals surface area (Å²) in [6, 6.07) is 3.66. The third-order valence-electron chi connectivity index (χ3n) is 1.33. The van der Waals surface area contributed by atoms with Gasteiger partial charge in [-0.2, -0.15) is 0 Å². The maximum absolute atomic E-state index is 5.55. The van der Waals surface area contributed by atoms with Gasteiger partial charge in [0.15, 0.2) is 0 Å². The highest BCUT2D eigenvalue weighted by Crippen LogP contribution is 2.12. The fraction of sp³-hybridized carbons (Fsp3) is 0.429. The number of furan rings is 1. The minimum atomic E-state index is -0.0414.